The summed E-state index contributed by atoms with van der Waals surface area (Å²) in [6, 6.07) is 72.0. The average Bonchev–Trinajstić information content (AvgIpc) is 3.17. The summed E-state index contributed by atoms with van der Waals surface area (Å²) in [5, 5.41) is 10.9. The van der Waals surface area contributed by atoms with Crippen LogP contribution >= 0.6 is 15.8 Å². The molecule has 8 rings (SSSR count). The first kappa shape index (κ1) is 37.5. The largest absolute Gasteiger partial charge is 0.0622 e. The molecule has 0 saturated heterocycles. The molecule has 4 heteroatoms. The van der Waals surface area contributed by atoms with E-state index >= 15 is 0 Å². The summed E-state index contributed by atoms with van der Waals surface area (Å²) in [5.74, 6) is 0. The van der Waals surface area contributed by atoms with Gasteiger partial charge < -0.3 is 0 Å². The first-order valence-corrected chi connectivity index (χ1v) is 19.7. The first-order chi connectivity index (χ1) is 23.8. The normalized spacial score (nSPS) is 11.0. The molecule has 0 N–H and O–H groups in total. The Bertz CT molecular complexity index is 2050. The van der Waals surface area contributed by atoms with E-state index in [9.17, 15) is 0 Å². The Kier molecular flexibility index (Phi) is 13.5. The van der Waals surface area contributed by atoms with Crippen molar-refractivity contribution >= 4 is 140 Å². The SMILES string of the molecule is [K].[Na].c1ccc(P(Cc2ccc3ccccc3c2-c2c(CP(c3ccccc3)c3ccccc3)ccc3ccccc23)c2ccccc2)cc1. The minimum Gasteiger partial charge on any atom is -0.0622 e. The molecule has 0 unspecified atom stereocenters. The third-order valence-corrected chi connectivity index (χ3v) is 14.2. The summed E-state index contributed by atoms with van der Waals surface area (Å²) < 4.78 is 0. The van der Waals surface area contributed by atoms with Crippen LogP contribution in [0, 0.1) is 0 Å². The first-order valence-electron chi connectivity index (χ1n) is 16.6. The Labute approximate surface area is 363 Å². The Morgan fingerprint density at radius 3 is 0.900 bits per heavy atom. The van der Waals surface area contributed by atoms with Crippen molar-refractivity contribution in [3.05, 3.63) is 205 Å². The maximum absolute atomic E-state index is 2.42. The van der Waals surface area contributed by atoms with Crippen LogP contribution in [0.25, 0.3) is 32.7 Å². The molecule has 0 heterocycles. The van der Waals surface area contributed by atoms with Gasteiger partial charge in [-0.15, -0.1) is 0 Å². The average molecular weight is 713 g/mol. The van der Waals surface area contributed by atoms with Crippen LogP contribution in [0.15, 0.2) is 194 Å². The number of hydrogen-bond donors (Lipinski definition) is 0. The topological polar surface area (TPSA) is 0 Å². The van der Waals surface area contributed by atoms with Crippen LogP contribution in [0.4, 0.5) is 0 Å². The third kappa shape index (κ3) is 8.20. The minimum absolute atomic E-state index is 0. The molecule has 0 amide bonds. The van der Waals surface area contributed by atoms with E-state index < -0.39 is 15.8 Å². The fourth-order valence-electron chi connectivity index (χ4n) is 6.92. The summed E-state index contributed by atoms with van der Waals surface area (Å²) >= 11 is 0. The van der Waals surface area contributed by atoms with Crippen molar-refractivity contribution in [1.82, 2.24) is 0 Å². The summed E-state index contributed by atoms with van der Waals surface area (Å²) in [4.78, 5) is 0. The van der Waals surface area contributed by atoms with Gasteiger partial charge in [0, 0.05) is 93.3 Å². The zero-order valence-electron chi connectivity index (χ0n) is 28.8. The standard InChI is InChI=1S/C46H36P2.K.Na/c1-5-19-39(20-6-1)47(40-21-7-2-8-22-40)33-37-31-29-35-17-13-15-27-43(35)45(37)46-38(32-30-36-18-14-16-28-44(36)46)34-48(41-23-9-3-10-24-41)42-25-11-4-12-26-42;;/h1-32H,33-34H2;;. The van der Waals surface area contributed by atoms with E-state index in [0.29, 0.717) is 0 Å². The van der Waals surface area contributed by atoms with Crippen LogP contribution in [-0.2, 0) is 12.3 Å². The van der Waals surface area contributed by atoms with Crippen molar-refractivity contribution < 1.29 is 0 Å². The van der Waals surface area contributed by atoms with Gasteiger partial charge in [-0.2, -0.15) is 0 Å². The fourth-order valence-corrected chi connectivity index (χ4v) is 11.6. The van der Waals surface area contributed by atoms with E-state index in [1.807, 2.05) is 0 Å². The van der Waals surface area contributed by atoms with Gasteiger partial charge in [0.2, 0.25) is 0 Å². The summed E-state index contributed by atoms with van der Waals surface area (Å²) in [6.07, 6.45) is 1.94. The molecule has 0 fully saturated rings. The van der Waals surface area contributed by atoms with Gasteiger partial charge in [-0.1, -0.05) is 194 Å². The zero-order chi connectivity index (χ0) is 32.1. The molecule has 0 atom stereocenters. The smallest absolute Gasteiger partial charge is 0.00138 e. The molecule has 8 aromatic rings. The molecule has 2 radical (unpaired) electrons. The molecule has 8 aromatic carbocycles. The summed E-state index contributed by atoms with van der Waals surface area (Å²) in [5.41, 5.74) is 5.59. The number of fused-ring (bicyclic) bond motifs is 2. The van der Waals surface area contributed by atoms with Gasteiger partial charge in [0.1, 0.15) is 0 Å². The number of rotatable bonds is 9. The number of benzene rings is 8. The van der Waals surface area contributed by atoms with Gasteiger partial charge in [-0.25, -0.2) is 0 Å². The van der Waals surface area contributed by atoms with E-state index in [0.717, 1.165) is 12.3 Å². The van der Waals surface area contributed by atoms with Crippen molar-refractivity contribution in [1.29, 1.82) is 0 Å². The van der Waals surface area contributed by atoms with E-state index in [-0.39, 0.29) is 80.9 Å². The monoisotopic (exact) mass is 712 g/mol. The molecule has 0 nitrogen and oxygen atoms in total. The van der Waals surface area contributed by atoms with Gasteiger partial charge in [-0.3, -0.25) is 0 Å². The van der Waals surface area contributed by atoms with Gasteiger partial charge >= 0.3 is 0 Å². The predicted octanol–water partition coefficient (Wildman–Crippen LogP) is 10.2. The Hall–Kier alpha value is -2.22. The molecular formula is C46H36KNaP2. The van der Waals surface area contributed by atoms with Crippen molar-refractivity contribution in [2.24, 2.45) is 0 Å². The van der Waals surface area contributed by atoms with E-state index in [1.54, 1.807) is 0 Å². The maximum atomic E-state index is 2.42. The van der Waals surface area contributed by atoms with Crippen molar-refractivity contribution in [3.63, 3.8) is 0 Å². The zero-order valence-corrected chi connectivity index (χ0v) is 35.7. The van der Waals surface area contributed by atoms with Gasteiger partial charge in [-0.05, 0) is 80.9 Å². The molecule has 0 aliphatic rings. The Balaban J connectivity index is 0.00000216. The van der Waals surface area contributed by atoms with E-state index in [4.69, 9.17) is 0 Å². The fraction of sp³-hybridized carbons (Fsp3) is 0.0435. The Morgan fingerprint density at radius 2 is 0.580 bits per heavy atom. The molecule has 232 valence electrons. The van der Waals surface area contributed by atoms with Crippen LogP contribution in [0.1, 0.15) is 11.1 Å². The van der Waals surface area contributed by atoms with Crippen LogP contribution in [0.5, 0.6) is 0 Å². The van der Waals surface area contributed by atoms with Crippen LogP contribution < -0.4 is 21.2 Å². The van der Waals surface area contributed by atoms with Gasteiger partial charge in [0.05, 0.1) is 0 Å². The molecule has 0 bridgehead atoms. The molecule has 0 aromatic heterocycles. The predicted molar refractivity (Wildman–Crippen MR) is 224 cm³/mol. The van der Waals surface area contributed by atoms with Crippen LogP contribution in [0.2, 0.25) is 0 Å². The molecular weight excluding hydrogens is 677 g/mol. The van der Waals surface area contributed by atoms with Crippen molar-refractivity contribution in [2.45, 2.75) is 12.3 Å². The summed E-state index contributed by atoms with van der Waals surface area (Å²) in [7, 11) is -1.25. The summed E-state index contributed by atoms with van der Waals surface area (Å²) in [6.45, 7) is 0. The Morgan fingerprint density at radius 1 is 0.300 bits per heavy atom. The molecule has 0 aliphatic heterocycles. The molecule has 0 aliphatic carbocycles. The maximum Gasteiger partial charge on any atom is 0.00138 e. The van der Waals surface area contributed by atoms with E-state index in [1.165, 1.54) is 65.0 Å². The second kappa shape index (κ2) is 18.0. The van der Waals surface area contributed by atoms with Crippen LogP contribution in [-0.4, -0.2) is 80.9 Å². The quantitative estimate of drug-likeness (QED) is 0.103. The molecule has 50 heavy (non-hydrogen) atoms. The van der Waals surface area contributed by atoms with Crippen molar-refractivity contribution in [2.75, 3.05) is 0 Å². The molecule has 0 saturated carbocycles. The molecule has 0 spiro atoms. The third-order valence-electron chi connectivity index (χ3n) is 9.21. The van der Waals surface area contributed by atoms with Gasteiger partial charge in [0.15, 0.2) is 0 Å². The second-order valence-electron chi connectivity index (χ2n) is 12.2. The van der Waals surface area contributed by atoms with E-state index in [2.05, 4.69) is 194 Å². The second-order valence-corrected chi connectivity index (χ2v) is 16.6. The number of hydrogen-bond acceptors (Lipinski definition) is 0. The van der Waals surface area contributed by atoms with Crippen molar-refractivity contribution in [3.8, 4) is 11.1 Å². The van der Waals surface area contributed by atoms with Gasteiger partial charge in [0.25, 0.3) is 0 Å². The van der Waals surface area contributed by atoms with Crippen LogP contribution in [0.3, 0.4) is 0 Å². The minimum atomic E-state index is -0.627.